The normalized spacial score (nSPS) is 14.1. The van der Waals surface area contributed by atoms with Crippen molar-refractivity contribution in [1.82, 2.24) is 19.8 Å². The number of benzene rings is 3. The van der Waals surface area contributed by atoms with Gasteiger partial charge in [-0.15, -0.1) is 0 Å². The van der Waals surface area contributed by atoms with E-state index in [2.05, 4.69) is 5.32 Å². The molecule has 1 atom stereocenters. The Kier molecular flexibility index (Phi) is 10.1. The van der Waals surface area contributed by atoms with Crippen molar-refractivity contribution in [3.63, 3.8) is 0 Å². The fraction of sp³-hybridized carbons (Fsp3) is 0.351. The molecule has 12 heteroatoms. The van der Waals surface area contributed by atoms with Crippen molar-refractivity contribution in [1.29, 1.82) is 0 Å². The van der Waals surface area contributed by atoms with Crippen LogP contribution in [0.15, 0.2) is 79.0 Å². The molecule has 1 saturated heterocycles. The lowest BCUT2D eigenvalue weighted by molar-refractivity contribution is -0.139. The molecule has 3 aromatic carbocycles. The van der Waals surface area contributed by atoms with E-state index >= 15 is 0 Å². The Morgan fingerprint density at radius 1 is 0.980 bits per heavy atom. The Hall–Kier alpha value is -5.26. The van der Waals surface area contributed by atoms with Crippen molar-refractivity contribution in [3.05, 3.63) is 108 Å². The maximum Gasteiger partial charge on any atom is 0.410 e. The molecule has 1 aliphatic rings. The summed E-state index contributed by atoms with van der Waals surface area (Å²) in [5, 5.41) is 12.9. The molecule has 0 radical (unpaired) electrons. The smallest absolute Gasteiger partial charge is 0.410 e. The first-order valence-electron chi connectivity index (χ1n) is 15.9. The molecule has 0 saturated carbocycles. The van der Waals surface area contributed by atoms with Crippen LogP contribution in [0.1, 0.15) is 68.8 Å². The van der Waals surface area contributed by atoms with Crippen LogP contribution >= 0.6 is 0 Å². The van der Waals surface area contributed by atoms with Gasteiger partial charge in [0.2, 0.25) is 0 Å². The number of ether oxygens (including phenoxy) is 2. The van der Waals surface area contributed by atoms with Gasteiger partial charge in [0, 0.05) is 23.7 Å². The average Bonchev–Trinajstić information content (AvgIpc) is 3.40. The van der Waals surface area contributed by atoms with E-state index in [1.54, 1.807) is 69.6 Å². The first-order chi connectivity index (χ1) is 23.1. The molecule has 0 spiro atoms. The number of likely N-dealkylation sites (tertiary alicyclic amines) is 1. The number of carboxylic acids is 1. The minimum Gasteiger partial charge on any atom is -0.486 e. The van der Waals surface area contributed by atoms with Crippen molar-refractivity contribution in [2.45, 2.75) is 65.3 Å². The standard InChI is InChI=1S/C37H40F2N4O6/c1-36(2,3)49-35(47)43-20-25(21-43)48-30-14-10-9-13-26(30)34(46)41-32(37(4,5)18-31(44)45)33-40-29(27-17-24(38)15-16-28(27)39)22-42(33)19-23-11-7-6-8-12-23/h6-17,22,25,32H,18-21H2,1-5H3,(H,41,46)(H,44,45)/t32-/m0/s1. The molecule has 5 rings (SSSR count). The molecule has 2 N–H and O–H groups in total. The van der Waals surface area contributed by atoms with Crippen LogP contribution in [-0.2, 0) is 16.1 Å². The molecule has 4 aromatic rings. The fourth-order valence-corrected chi connectivity index (χ4v) is 5.63. The predicted octanol–water partition coefficient (Wildman–Crippen LogP) is 6.85. The highest BCUT2D eigenvalue weighted by molar-refractivity contribution is 5.97. The summed E-state index contributed by atoms with van der Waals surface area (Å²) < 4.78 is 42.5. The van der Waals surface area contributed by atoms with E-state index in [-0.39, 0.29) is 60.6 Å². The van der Waals surface area contributed by atoms with Gasteiger partial charge >= 0.3 is 12.1 Å². The van der Waals surface area contributed by atoms with Gasteiger partial charge in [0.15, 0.2) is 0 Å². The number of hydrogen-bond donors (Lipinski definition) is 2. The van der Waals surface area contributed by atoms with Crippen molar-refractivity contribution in [3.8, 4) is 17.0 Å². The number of para-hydroxylation sites is 1. The van der Waals surface area contributed by atoms with E-state index < -0.39 is 46.7 Å². The largest absolute Gasteiger partial charge is 0.486 e. The molecule has 0 unspecified atom stereocenters. The Balaban J connectivity index is 1.48. The van der Waals surface area contributed by atoms with Gasteiger partial charge in [-0.2, -0.15) is 0 Å². The van der Waals surface area contributed by atoms with Crippen molar-refractivity contribution in [2.75, 3.05) is 13.1 Å². The molecular weight excluding hydrogens is 634 g/mol. The minimum absolute atomic E-state index is 0.0751. The van der Waals surface area contributed by atoms with Crippen LogP contribution < -0.4 is 10.1 Å². The first kappa shape index (κ1) is 35.1. The number of carbonyl (C=O) groups is 3. The number of rotatable bonds is 11. The molecule has 0 aliphatic carbocycles. The Labute approximate surface area is 283 Å². The molecular formula is C37H40F2N4O6. The summed E-state index contributed by atoms with van der Waals surface area (Å²) in [7, 11) is 0. The number of halogens is 2. The van der Waals surface area contributed by atoms with E-state index in [0.29, 0.717) is 0 Å². The summed E-state index contributed by atoms with van der Waals surface area (Å²) in [6.07, 6.45) is 0.389. The molecule has 2 heterocycles. The lowest BCUT2D eigenvalue weighted by Gasteiger charge is -2.39. The van der Waals surface area contributed by atoms with Gasteiger partial charge < -0.3 is 29.4 Å². The molecule has 1 fully saturated rings. The summed E-state index contributed by atoms with van der Waals surface area (Å²) in [5.41, 5.74) is -0.650. The molecule has 49 heavy (non-hydrogen) atoms. The van der Waals surface area contributed by atoms with Gasteiger partial charge in [-0.05, 0) is 56.7 Å². The highest BCUT2D eigenvalue weighted by Crippen LogP contribution is 2.39. The van der Waals surface area contributed by atoms with Crippen LogP contribution in [-0.4, -0.2) is 62.3 Å². The van der Waals surface area contributed by atoms with E-state index in [1.165, 1.54) is 4.90 Å². The lowest BCUT2D eigenvalue weighted by atomic mass is 9.80. The van der Waals surface area contributed by atoms with Gasteiger partial charge in [-0.3, -0.25) is 9.59 Å². The zero-order chi connectivity index (χ0) is 35.5. The third-order valence-electron chi connectivity index (χ3n) is 8.05. The van der Waals surface area contributed by atoms with Crippen molar-refractivity contribution < 1.29 is 37.7 Å². The van der Waals surface area contributed by atoms with Crippen LogP contribution in [0.3, 0.4) is 0 Å². The van der Waals surface area contributed by atoms with Gasteiger partial charge in [-0.25, -0.2) is 18.6 Å². The summed E-state index contributed by atoms with van der Waals surface area (Å²) >= 11 is 0. The summed E-state index contributed by atoms with van der Waals surface area (Å²) in [5.74, 6) is -2.45. The molecule has 2 amide bonds. The van der Waals surface area contributed by atoms with Crippen LogP contribution in [0.4, 0.5) is 13.6 Å². The number of hydrogen-bond acceptors (Lipinski definition) is 6. The SMILES string of the molecule is CC(C)(C)OC(=O)N1CC(Oc2ccccc2C(=O)N[C@@H](c2nc(-c3cc(F)ccc3F)cn2Cc2ccccc2)C(C)(C)CC(=O)O)C1. The molecule has 1 aromatic heterocycles. The predicted molar refractivity (Wildman–Crippen MR) is 178 cm³/mol. The third kappa shape index (κ3) is 8.62. The van der Waals surface area contributed by atoms with Crippen molar-refractivity contribution in [2.24, 2.45) is 5.41 Å². The maximum atomic E-state index is 15.0. The zero-order valence-electron chi connectivity index (χ0n) is 28.1. The summed E-state index contributed by atoms with van der Waals surface area (Å²) in [6.45, 7) is 9.54. The number of aliphatic carboxylic acids is 1. The Bertz CT molecular complexity index is 1830. The second-order valence-electron chi connectivity index (χ2n) is 13.8. The van der Waals surface area contributed by atoms with E-state index in [0.717, 1.165) is 23.8 Å². The summed E-state index contributed by atoms with van der Waals surface area (Å²) in [6, 6.07) is 18.0. The number of carboxylic acid groups (broad SMARTS) is 1. The van der Waals surface area contributed by atoms with Crippen LogP contribution in [0.2, 0.25) is 0 Å². The molecule has 0 bridgehead atoms. The number of carbonyl (C=O) groups excluding carboxylic acids is 2. The summed E-state index contributed by atoms with van der Waals surface area (Å²) in [4.78, 5) is 44.8. The highest BCUT2D eigenvalue weighted by atomic mass is 19.1. The Morgan fingerprint density at radius 2 is 1.65 bits per heavy atom. The second kappa shape index (κ2) is 14.1. The number of amides is 2. The number of imidazole rings is 1. The third-order valence-corrected chi connectivity index (χ3v) is 8.05. The van der Waals surface area contributed by atoms with E-state index in [4.69, 9.17) is 14.5 Å². The second-order valence-corrected chi connectivity index (χ2v) is 13.8. The molecule has 258 valence electrons. The molecule has 1 aliphatic heterocycles. The quantitative estimate of drug-likeness (QED) is 0.179. The topological polar surface area (TPSA) is 123 Å². The van der Waals surface area contributed by atoms with E-state index in [1.807, 2.05) is 30.3 Å². The first-order valence-corrected chi connectivity index (χ1v) is 15.9. The van der Waals surface area contributed by atoms with Gasteiger partial charge in [0.25, 0.3) is 5.91 Å². The average molecular weight is 675 g/mol. The fourth-order valence-electron chi connectivity index (χ4n) is 5.63. The van der Waals surface area contributed by atoms with E-state index in [9.17, 15) is 28.3 Å². The number of aromatic nitrogens is 2. The molecule has 10 nitrogen and oxygen atoms in total. The lowest BCUT2D eigenvalue weighted by Crippen LogP contribution is -2.57. The van der Waals surface area contributed by atoms with Crippen LogP contribution in [0.25, 0.3) is 11.3 Å². The number of nitrogens with zero attached hydrogens (tertiary/aromatic N) is 3. The highest BCUT2D eigenvalue weighted by Gasteiger charge is 2.39. The van der Waals surface area contributed by atoms with Gasteiger partial charge in [0.1, 0.15) is 34.9 Å². The Morgan fingerprint density at radius 3 is 2.33 bits per heavy atom. The van der Waals surface area contributed by atoms with Gasteiger partial charge in [-0.1, -0.05) is 56.3 Å². The monoisotopic (exact) mass is 674 g/mol. The minimum atomic E-state index is -1.11. The maximum absolute atomic E-state index is 15.0. The number of nitrogens with one attached hydrogen (secondary N) is 1. The van der Waals surface area contributed by atoms with Gasteiger partial charge in [0.05, 0.1) is 36.8 Å². The van der Waals surface area contributed by atoms with Crippen molar-refractivity contribution >= 4 is 18.0 Å². The van der Waals surface area contributed by atoms with Crippen LogP contribution in [0.5, 0.6) is 5.75 Å². The zero-order valence-corrected chi connectivity index (χ0v) is 28.1. The van der Waals surface area contributed by atoms with Crippen LogP contribution in [0, 0.1) is 17.0 Å².